The van der Waals surface area contributed by atoms with Crippen LogP contribution in [0.5, 0.6) is 5.75 Å². The van der Waals surface area contributed by atoms with Crippen molar-refractivity contribution in [3.63, 3.8) is 0 Å². The minimum absolute atomic E-state index is 0.0159. The second kappa shape index (κ2) is 10.5. The molecule has 2 bridgehead atoms. The molecule has 2 aliphatic heterocycles. The summed E-state index contributed by atoms with van der Waals surface area (Å²) < 4.78 is 5.91. The summed E-state index contributed by atoms with van der Waals surface area (Å²) in [5.41, 5.74) is 1.34. The maximum Gasteiger partial charge on any atom is 0.242 e. The van der Waals surface area contributed by atoms with Gasteiger partial charge in [0.15, 0.2) is 0 Å². The number of fused-ring (bicyclic) bond motifs is 3. The number of ether oxygens (including phenoxy) is 1. The number of aryl methyl sites for hydroxylation is 1. The van der Waals surface area contributed by atoms with Crippen LogP contribution in [-0.4, -0.2) is 67.0 Å². The number of hydrogen-bond acceptors (Lipinski definition) is 4. The fourth-order valence-corrected chi connectivity index (χ4v) is 4.17. The lowest BCUT2D eigenvalue weighted by Crippen LogP contribution is -2.47. The van der Waals surface area contributed by atoms with Crippen LogP contribution in [0.25, 0.3) is 0 Å². The number of piperidine rings is 1. The molecule has 1 aromatic rings. The Morgan fingerprint density at radius 3 is 2.86 bits per heavy atom. The Morgan fingerprint density at radius 2 is 2.00 bits per heavy atom. The van der Waals surface area contributed by atoms with Crippen molar-refractivity contribution in [2.45, 2.75) is 51.5 Å². The van der Waals surface area contributed by atoms with Gasteiger partial charge in [-0.1, -0.05) is 18.6 Å². The van der Waals surface area contributed by atoms with E-state index in [1.807, 2.05) is 11.0 Å². The lowest BCUT2D eigenvalue weighted by Gasteiger charge is -2.37. The van der Waals surface area contributed by atoms with Crippen molar-refractivity contribution in [3.05, 3.63) is 29.8 Å². The highest BCUT2D eigenvalue weighted by molar-refractivity contribution is 5.83. The topological polar surface area (TPSA) is 61.9 Å². The number of hydrogen-bond donors (Lipinski definition) is 1. The minimum Gasteiger partial charge on any atom is -0.494 e. The molecular weight excluding hydrogens is 354 g/mol. The average molecular weight is 388 g/mol. The van der Waals surface area contributed by atoms with Gasteiger partial charge in [-0.2, -0.15) is 0 Å². The number of benzene rings is 1. The van der Waals surface area contributed by atoms with Gasteiger partial charge in [-0.15, -0.1) is 0 Å². The number of carbonyl (C=O) groups is 2. The maximum absolute atomic E-state index is 12.6. The van der Waals surface area contributed by atoms with Crippen LogP contribution in [0.15, 0.2) is 24.3 Å². The molecule has 1 atom stereocenters. The number of nitrogens with zero attached hydrogens (tertiary/aromatic N) is 2. The van der Waals surface area contributed by atoms with E-state index in [0.717, 1.165) is 38.1 Å². The van der Waals surface area contributed by atoms with Gasteiger partial charge in [-0.3, -0.25) is 14.5 Å². The predicted octanol–water partition coefficient (Wildman–Crippen LogP) is 2.22. The van der Waals surface area contributed by atoms with Crippen molar-refractivity contribution in [1.29, 1.82) is 0 Å². The summed E-state index contributed by atoms with van der Waals surface area (Å²) in [6.07, 6.45) is 6.73. The van der Waals surface area contributed by atoms with E-state index >= 15 is 0 Å². The fraction of sp³-hybridized carbons (Fsp3) is 0.636. The third kappa shape index (κ3) is 6.23. The molecule has 1 unspecified atom stereocenters. The number of carbonyl (C=O) groups excluding carboxylic acids is 2. The molecule has 28 heavy (non-hydrogen) atoms. The standard InChI is InChI=1S/C22H33N3O3/c1-18(26)23-17-22(27)25-12-5-15-28-21-8-4-6-19(16-21)9-10-20-7-2-3-11-24(20)13-14-25/h4,6,8,16,20H,2-3,5,7,9-15,17H2,1H3,(H,23,26). The zero-order chi connectivity index (χ0) is 19.8. The summed E-state index contributed by atoms with van der Waals surface area (Å²) in [6.45, 7) is 5.47. The quantitative estimate of drug-likeness (QED) is 0.845. The molecule has 0 radical (unpaired) electrons. The summed E-state index contributed by atoms with van der Waals surface area (Å²) >= 11 is 0. The van der Waals surface area contributed by atoms with Crippen molar-refractivity contribution >= 4 is 11.8 Å². The molecule has 154 valence electrons. The Kier molecular flexibility index (Phi) is 7.71. The van der Waals surface area contributed by atoms with E-state index in [1.54, 1.807) is 0 Å². The summed E-state index contributed by atoms with van der Waals surface area (Å²) in [4.78, 5) is 28.2. The van der Waals surface area contributed by atoms with Gasteiger partial charge in [-0.05, 0) is 56.3 Å². The van der Waals surface area contributed by atoms with Crippen LogP contribution in [0, 0.1) is 0 Å². The summed E-state index contributed by atoms with van der Waals surface area (Å²) in [5.74, 6) is 0.721. The number of amides is 2. The van der Waals surface area contributed by atoms with E-state index in [2.05, 4.69) is 28.4 Å². The van der Waals surface area contributed by atoms with E-state index < -0.39 is 0 Å². The molecule has 2 amide bonds. The van der Waals surface area contributed by atoms with Crippen molar-refractivity contribution < 1.29 is 14.3 Å². The summed E-state index contributed by atoms with van der Waals surface area (Å²) in [6, 6.07) is 8.99. The van der Waals surface area contributed by atoms with Crippen LogP contribution in [0.1, 0.15) is 44.6 Å². The molecule has 0 spiro atoms. The van der Waals surface area contributed by atoms with Gasteiger partial charge < -0.3 is 15.0 Å². The van der Waals surface area contributed by atoms with Crippen LogP contribution in [0.2, 0.25) is 0 Å². The van der Waals surface area contributed by atoms with Gasteiger partial charge in [0, 0.05) is 32.6 Å². The summed E-state index contributed by atoms with van der Waals surface area (Å²) in [5, 5.41) is 2.63. The first-order chi connectivity index (χ1) is 13.6. The maximum atomic E-state index is 12.6. The Balaban J connectivity index is 1.69. The molecule has 2 aliphatic rings. The molecule has 6 nitrogen and oxygen atoms in total. The smallest absolute Gasteiger partial charge is 0.242 e. The Labute approximate surface area is 168 Å². The molecule has 0 saturated carbocycles. The van der Waals surface area contributed by atoms with Crippen molar-refractivity contribution in [2.24, 2.45) is 0 Å². The third-order valence-corrected chi connectivity index (χ3v) is 5.75. The Hall–Kier alpha value is -2.08. The van der Waals surface area contributed by atoms with Gasteiger partial charge in [-0.25, -0.2) is 0 Å². The fourth-order valence-electron chi connectivity index (χ4n) is 4.17. The largest absolute Gasteiger partial charge is 0.494 e. The van der Waals surface area contributed by atoms with E-state index in [9.17, 15) is 9.59 Å². The van der Waals surface area contributed by atoms with E-state index in [0.29, 0.717) is 25.7 Å². The molecule has 0 aliphatic carbocycles. The van der Waals surface area contributed by atoms with Crippen molar-refractivity contribution in [3.8, 4) is 5.75 Å². The summed E-state index contributed by atoms with van der Waals surface area (Å²) in [7, 11) is 0. The Bertz CT molecular complexity index is 664. The van der Waals surface area contributed by atoms with Crippen LogP contribution in [0.4, 0.5) is 0 Å². The average Bonchev–Trinajstić information content (AvgIpc) is 2.70. The third-order valence-electron chi connectivity index (χ3n) is 5.75. The molecule has 3 rings (SSSR count). The highest BCUT2D eigenvalue weighted by Crippen LogP contribution is 2.23. The Morgan fingerprint density at radius 1 is 1.11 bits per heavy atom. The van der Waals surface area contributed by atoms with Gasteiger partial charge in [0.05, 0.1) is 13.2 Å². The first kappa shape index (κ1) is 20.6. The molecule has 6 heteroatoms. The molecule has 1 aromatic carbocycles. The second-order valence-corrected chi connectivity index (χ2v) is 7.86. The lowest BCUT2D eigenvalue weighted by molar-refractivity contribution is -0.132. The SMILES string of the molecule is CC(=O)NCC(=O)N1CCCOc2cccc(c2)CCC2CCCCN2CC1. The molecule has 1 saturated heterocycles. The lowest BCUT2D eigenvalue weighted by atomic mass is 9.95. The van der Waals surface area contributed by atoms with E-state index in [4.69, 9.17) is 4.74 Å². The van der Waals surface area contributed by atoms with Gasteiger partial charge >= 0.3 is 0 Å². The normalized spacial score (nSPS) is 21.8. The number of nitrogens with one attached hydrogen (secondary N) is 1. The first-order valence-corrected chi connectivity index (χ1v) is 10.6. The molecule has 1 fully saturated rings. The zero-order valence-corrected chi connectivity index (χ0v) is 17.0. The molecule has 2 heterocycles. The van der Waals surface area contributed by atoms with E-state index in [1.165, 1.54) is 31.7 Å². The van der Waals surface area contributed by atoms with Crippen LogP contribution in [0.3, 0.4) is 0 Å². The van der Waals surface area contributed by atoms with Gasteiger partial charge in [0.2, 0.25) is 11.8 Å². The van der Waals surface area contributed by atoms with Crippen molar-refractivity contribution in [2.75, 3.05) is 39.3 Å². The van der Waals surface area contributed by atoms with Crippen LogP contribution < -0.4 is 10.1 Å². The van der Waals surface area contributed by atoms with E-state index in [-0.39, 0.29) is 18.4 Å². The van der Waals surface area contributed by atoms with Crippen LogP contribution >= 0.6 is 0 Å². The van der Waals surface area contributed by atoms with Crippen LogP contribution in [-0.2, 0) is 16.0 Å². The first-order valence-electron chi connectivity index (χ1n) is 10.6. The van der Waals surface area contributed by atoms with Gasteiger partial charge in [0.1, 0.15) is 5.75 Å². The highest BCUT2D eigenvalue weighted by Gasteiger charge is 2.24. The minimum atomic E-state index is -0.172. The predicted molar refractivity (Wildman–Crippen MR) is 109 cm³/mol. The highest BCUT2D eigenvalue weighted by atomic mass is 16.5. The van der Waals surface area contributed by atoms with Crippen molar-refractivity contribution in [1.82, 2.24) is 15.1 Å². The molecule has 0 aromatic heterocycles. The zero-order valence-electron chi connectivity index (χ0n) is 17.0. The monoisotopic (exact) mass is 387 g/mol. The number of rotatable bonds is 2. The second-order valence-electron chi connectivity index (χ2n) is 7.86. The van der Waals surface area contributed by atoms with Gasteiger partial charge in [0.25, 0.3) is 0 Å². The molecular formula is C22H33N3O3. The molecule has 1 N–H and O–H groups in total.